The van der Waals surface area contributed by atoms with Crippen LogP contribution in [0.5, 0.6) is 0 Å². The number of hydrogen-bond donors (Lipinski definition) is 2. The van der Waals surface area contributed by atoms with Crippen molar-refractivity contribution in [3.05, 3.63) is 35.1 Å². The maximum atomic E-state index is 13.4. The van der Waals surface area contributed by atoms with Crippen molar-refractivity contribution < 1.29 is 19.1 Å². The van der Waals surface area contributed by atoms with Crippen molar-refractivity contribution in [2.45, 2.75) is 11.8 Å². The lowest BCUT2D eigenvalue weighted by molar-refractivity contribution is -0.139. The van der Waals surface area contributed by atoms with Gasteiger partial charge in [-0.05, 0) is 23.8 Å². The number of halogens is 1. The Hall–Kier alpha value is -2.07. The van der Waals surface area contributed by atoms with Crippen LogP contribution in [-0.2, 0) is 15.3 Å². The normalized spacial score (nSPS) is 11.4. The summed E-state index contributed by atoms with van der Waals surface area (Å²) < 4.78 is 13.4. The first-order valence-electron chi connectivity index (χ1n) is 5.27. The number of amides is 1. The lowest BCUT2D eigenvalue weighted by Gasteiger charge is -2.10. The van der Waals surface area contributed by atoms with Gasteiger partial charge in [-0.15, -0.1) is 0 Å². The molecular weight excluding hydrogens is 271 g/mol. The molecule has 1 rings (SSSR count). The Bertz CT molecular complexity index is 516. The Balaban J connectivity index is 2.59. The lowest BCUT2D eigenvalue weighted by Crippen LogP contribution is -2.37. The third kappa shape index (κ3) is 4.60. The molecule has 0 saturated carbocycles. The highest BCUT2D eigenvalue weighted by molar-refractivity contribution is 7.98. The van der Waals surface area contributed by atoms with Gasteiger partial charge in [0.1, 0.15) is 11.9 Å². The molecule has 0 saturated heterocycles. The van der Waals surface area contributed by atoms with Crippen molar-refractivity contribution in [1.29, 1.82) is 5.26 Å². The first kappa shape index (κ1) is 15.0. The SMILES string of the molecule is N#Cc1ccc(F)c(CSCC(NC=O)C(=O)O)c1. The van der Waals surface area contributed by atoms with Crippen molar-refractivity contribution in [3.8, 4) is 6.07 Å². The van der Waals surface area contributed by atoms with E-state index in [-0.39, 0.29) is 11.5 Å². The molecule has 5 nitrogen and oxygen atoms in total. The number of thioether (sulfide) groups is 1. The minimum atomic E-state index is -1.15. The predicted octanol–water partition coefficient (Wildman–Crippen LogP) is 1.13. The van der Waals surface area contributed by atoms with Gasteiger partial charge in [0.15, 0.2) is 0 Å². The summed E-state index contributed by atoms with van der Waals surface area (Å²) in [6, 6.07) is 4.89. The van der Waals surface area contributed by atoms with Crippen molar-refractivity contribution in [2.24, 2.45) is 0 Å². The highest BCUT2D eigenvalue weighted by atomic mass is 32.2. The summed E-state index contributed by atoms with van der Waals surface area (Å²) >= 11 is 1.16. The fourth-order valence-corrected chi connectivity index (χ4v) is 2.35. The van der Waals surface area contributed by atoms with E-state index in [9.17, 15) is 14.0 Å². The number of nitriles is 1. The van der Waals surface area contributed by atoms with E-state index in [1.165, 1.54) is 18.2 Å². The fourth-order valence-electron chi connectivity index (χ4n) is 1.31. The minimum Gasteiger partial charge on any atom is -0.480 e. The molecule has 0 aliphatic heterocycles. The molecule has 0 radical (unpaired) electrons. The van der Waals surface area contributed by atoms with Gasteiger partial charge in [-0.2, -0.15) is 17.0 Å². The van der Waals surface area contributed by atoms with Gasteiger partial charge in [-0.25, -0.2) is 9.18 Å². The van der Waals surface area contributed by atoms with Gasteiger partial charge in [-0.1, -0.05) is 0 Å². The third-order valence-electron chi connectivity index (χ3n) is 2.28. The molecule has 2 N–H and O–H groups in total. The van der Waals surface area contributed by atoms with Crippen molar-refractivity contribution in [2.75, 3.05) is 5.75 Å². The number of hydrogen-bond acceptors (Lipinski definition) is 4. The van der Waals surface area contributed by atoms with E-state index in [2.05, 4.69) is 5.32 Å². The van der Waals surface area contributed by atoms with Crippen LogP contribution in [0.25, 0.3) is 0 Å². The first-order chi connectivity index (χ1) is 9.08. The molecular formula is C12H11FN2O3S. The first-order valence-corrected chi connectivity index (χ1v) is 6.42. The summed E-state index contributed by atoms with van der Waals surface area (Å²) in [4.78, 5) is 21.0. The summed E-state index contributed by atoms with van der Waals surface area (Å²) in [7, 11) is 0. The molecule has 0 spiro atoms. The van der Waals surface area contributed by atoms with Crippen LogP contribution in [0, 0.1) is 17.1 Å². The van der Waals surface area contributed by atoms with E-state index >= 15 is 0 Å². The number of carbonyl (C=O) groups excluding carboxylic acids is 1. The summed E-state index contributed by atoms with van der Waals surface area (Å²) in [5.41, 5.74) is 0.678. The maximum absolute atomic E-state index is 13.4. The summed E-state index contributed by atoms with van der Waals surface area (Å²) in [6.45, 7) is 0. The molecule has 0 aliphatic rings. The second kappa shape index (κ2) is 7.38. The van der Waals surface area contributed by atoms with Crippen LogP contribution in [-0.4, -0.2) is 29.3 Å². The summed E-state index contributed by atoms with van der Waals surface area (Å²) in [5, 5.41) is 19.6. The van der Waals surface area contributed by atoms with Gasteiger partial charge >= 0.3 is 5.97 Å². The second-order valence-corrected chi connectivity index (χ2v) is 4.64. The average Bonchev–Trinajstić information content (AvgIpc) is 2.39. The van der Waals surface area contributed by atoms with Crippen molar-refractivity contribution >= 4 is 24.1 Å². The Morgan fingerprint density at radius 3 is 2.95 bits per heavy atom. The minimum absolute atomic E-state index is 0.115. The van der Waals surface area contributed by atoms with Crippen LogP contribution in [0.1, 0.15) is 11.1 Å². The number of carboxylic acids is 1. The zero-order chi connectivity index (χ0) is 14.3. The number of benzene rings is 1. The quantitative estimate of drug-likeness (QED) is 0.732. The Labute approximate surface area is 113 Å². The second-order valence-electron chi connectivity index (χ2n) is 3.61. The fraction of sp³-hybridized carbons (Fsp3) is 0.250. The number of carboxylic acid groups (broad SMARTS) is 1. The molecule has 19 heavy (non-hydrogen) atoms. The molecule has 1 aromatic rings. The highest BCUT2D eigenvalue weighted by Crippen LogP contribution is 2.18. The molecule has 0 aliphatic carbocycles. The average molecular weight is 282 g/mol. The monoisotopic (exact) mass is 282 g/mol. The van der Waals surface area contributed by atoms with Gasteiger partial charge in [-0.3, -0.25) is 4.79 Å². The topological polar surface area (TPSA) is 90.2 Å². The Morgan fingerprint density at radius 1 is 1.63 bits per heavy atom. The molecule has 1 aromatic carbocycles. The highest BCUT2D eigenvalue weighted by Gasteiger charge is 2.16. The van der Waals surface area contributed by atoms with Gasteiger partial charge in [0.25, 0.3) is 0 Å². The Kier molecular flexibility index (Phi) is 5.82. The van der Waals surface area contributed by atoms with Gasteiger partial charge < -0.3 is 10.4 Å². The number of aliphatic carboxylic acids is 1. The van der Waals surface area contributed by atoms with E-state index < -0.39 is 17.8 Å². The van der Waals surface area contributed by atoms with Crippen LogP contribution in [0.3, 0.4) is 0 Å². The third-order valence-corrected chi connectivity index (χ3v) is 3.37. The number of carbonyl (C=O) groups is 2. The van der Waals surface area contributed by atoms with E-state index in [0.29, 0.717) is 17.5 Å². The van der Waals surface area contributed by atoms with E-state index in [1.807, 2.05) is 6.07 Å². The predicted molar refractivity (Wildman–Crippen MR) is 67.9 cm³/mol. The van der Waals surface area contributed by atoms with E-state index in [1.54, 1.807) is 0 Å². The largest absolute Gasteiger partial charge is 0.480 e. The van der Waals surface area contributed by atoms with Crippen LogP contribution >= 0.6 is 11.8 Å². The van der Waals surface area contributed by atoms with Gasteiger partial charge in [0.05, 0.1) is 11.6 Å². The van der Waals surface area contributed by atoms with Crippen LogP contribution < -0.4 is 5.32 Å². The zero-order valence-corrected chi connectivity index (χ0v) is 10.6. The van der Waals surface area contributed by atoms with Crippen molar-refractivity contribution in [3.63, 3.8) is 0 Å². The van der Waals surface area contributed by atoms with E-state index in [4.69, 9.17) is 10.4 Å². The standard InChI is InChI=1S/C12H11FN2O3S/c13-10-2-1-8(4-14)3-9(10)5-19-6-11(12(17)18)15-7-16/h1-3,7,11H,5-6H2,(H,15,16)(H,17,18). The van der Waals surface area contributed by atoms with Gasteiger partial charge in [0.2, 0.25) is 6.41 Å². The molecule has 1 unspecified atom stereocenters. The molecule has 0 aromatic heterocycles. The zero-order valence-electron chi connectivity index (χ0n) is 9.80. The molecule has 0 heterocycles. The maximum Gasteiger partial charge on any atom is 0.327 e. The van der Waals surface area contributed by atoms with E-state index in [0.717, 1.165) is 11.8 Å². The van der Waals surface area contributed by atoms with Gasteiger partial charge in [0, 0.05) is 11.5 Å². The lowest BCUT2D eigenvalue weighted by atomic mass is 10.1. The molecule has 0 bridgehead atoms. The number of nitrogens with zero attached hydrogens (tertiary/aromatic N) is 1. The van der Waals surface area contributed by atoms with Crippen LogP contribution in [0.15, 0.2) is 18.2 Å². The molecule has 0 fully saturated rings. The molecule has 1 atom stereocenters. The van der Waals surface area contributed by atoms with Crippen LogP contribution in [0.2, 0.25) is 0 Å². The smallest absolute Gasteiger partial charge is 0.327 e. The molecule has 1 amide bonds. The summed E-state index contributed by atoms with van der Waals surface area (Å²) in [5.74, 6) is -1.25. The number of nitrogens with one attached hydrogen (secondary N) is 1. The Morgan fingerprint density at radius 2 is 2.37 bits per heavy atom. The molecule has 7 heteroatoms. The molecule has 100 valence electrons. The van der Waals surface area contributed by atoms with Crippen LogP contribution in [0.4, 0.5) is 4.39 Å². The number of rotatable bonds is 7. The summed E-state index contributed by atoms with van der Waals surface area (Å²) in [6.07, 6.45) is 0.316. The van der Waals surface area contributed by atoms with Crippen molar-refractivity contribution in [1.82, 2.24) is 5.32 Å².